The Morgan fingerprint density at radius 2 is 2.08 bits per heavy atom. The van der Waals surface area contributed by atoms with Crippen molar-refractivity contribution in [1.29, 1.82) is 0 Å². The summed E-state index contributed by atoms with van der Waals surface area (Å²) in [4.78, 5) is 30.8. The van der Waals surface area contributed by atoms with Gasteiger partial charge in [0.15, 0.2) is 5.69 Å². The number of nitrogens with zero attached hydrogens (tertiary/aromatic N) is 2. The van der Waals surface area contributed by atoms with Crippen molar-refractivity contribution in [2.45, 2.75) is 13.3 Å². The fourth-order valence-corrected chi connectivity index (χ4v) is 3.90. The molecule has 1 amide bonds. The number of carbonyl (C=O) groups is 2. The van der Waals surface area contributed by atoms with Crippen LogP contribution in [0.3, 0.4) is 0 Å². The monoisotopic (exact) mass is 356 g/mol. The molecule has 26 heavy (non-hydrogen) atoms. The zero-order valence-electron chi connectivity index (χ0n) is 14.5. The van der Waals surface area contributed by atoms with E-state index in [1.54, 1.807) is 11.8 Å². The van der Waals surface area contributed by atoms with Crippen LogP contribution in [0.1, 0.15) is 22.7 Å². The van der Waals surface area contributed by atoms with Crippen LogP contribution in [0.2, 0.25) is 0 Å². The molecule has 2 fully saturated rings. The standard InChI is InChI=1S/C19H20N2O5/c1-12-15(20-16(26-12)13-5-3-2-4-6-13)17(22)21-9-14-10-25-8-7-19(14,11-21)18(23)24/h2-6,14H,7-11H2,1H3,(H,23,24)/t14-,19+/m0/s1. The van der Waals surface area contributed by atoms with Crippen molar-refractivity contribution >= 4 is 11.9 Å². The summed E-state index contributed by atoms with van der Waals surface area (Å²) >= 11 is 0. The minimum absolute atomic E-state index is 0.183. The van der Waals surface area contributed by atoms with E-state index < -0.39 is 11.4 Å². The third-order valence-electron chi connectivity index (χ3n) is 5.44. The lowest BCUT2D eigenvalue weighted by atomic mass is 9.74. The third-order valence-corrected chi connectivity index (χ3v) is 5.44. The van der Waals surface area contributed by atoms with Gasteiger partial charge in [-0.15, -0.1) is 0 Å². The number of hydrogen-bond donors (Lipinski definition) is 1. The molecular formula is C19H20N2O5. The molecule has 2 saturated heterocycles. The number of aliphatic carboxylic acids is 1. The number of aromatic nitrogens is 1. The van der Waals surface area contributed by atoms with Crippen LogP contribution < -0.4 is 0 Å². The highest BCUT2D eigenvalue weighted by Gasteiger charge is 2.55. The number of rotatable bonds is 3. The summed E-state index contributed by atoms with van der Waals surface area (Å²) in [5.41, 5.74) is 0.109. The molecule has 0 spiro atoms. The number of benzene rings is 1. The Bertz CT molecular complexity index is 847. The zero-order chi connectivity index (χ0) is 18.3. The second-order valence-corrected chi connectivity index (χ2v) is 6.96. The van der Waals surface area contributed by atoms with Crippen molar-refractivity contribution in [2.24, 2.45) is 11.3 Å². The van der Waals surface area contributed by atoms with E-state index in [-0.39, 0.29) is 24.1 Å². The van der Waals surface area contributed by atoms with E-state index in [2.05, 4.69) is 4.98 Å². The van der Waals surface area contributed by atoms with Gasteiger partial charge in [-0.1, -0.05) is 18.2 Å². The molecule has 2 aliphatic heterocycles. The highest BCUT2D eigenvalue weighted by atomic mass is 16.5. The molecule has 0 radical (unpaired) electrons. The maximum atomic E-state index is 13.0. The molecule has 1 aromatic carbocycles. The minimum Gasteiger partial charge on any atom is -0.481 e. The first-order valence-electron chi connectivity index (χ1n) is 8.64. The smallest absolute Gasteiger partial charge is 0.311 e. The topological polar surface area (TPSA) is 92.9 Å². The number of carbonyl (C=O) groups excluding carboxylic acids is 1. The van der Waals surface area contributed by atoms with Crippen LogP contribution in [0.4, 0.5) is 0 Å². The molecule has 2 aromatic rings. The molecule has 1 aromatic heterocycles. The van der Waals surface area contributed by atoms with E-state index in [1.807, 2.05) is 30.3 Å². The minimum atomic E-state index is -0.923. The van der Waals surface area contributed by atoms with E-state index in [0.717, 1.165) is 5.56 Å². The number of hydrogen-bond acceptors (Lipinski definition) is 5. The van der Waals surface area contributed by atoms with Gasteiger partial charge in [0.05, 0.1) is 12.0 Å². The fourth-order valence-electron chi connectivity index (χ4n) is 3.90. The van der Waals surface area contributed by atoms with Gasteiger partial charge < -0.3 is 19.2 Å². The molecule has 1 N–H and O–H groups in total. The molecule has 0 saturated carbocycles. The molecule has 0 unspecified atom stereocenters. The van der Waals surface area contributed by atoms with Gasteiger partial charge in [-0.3, -0.25) is 9.59 Å². The molecule has 136 valence electrons. The summed E-state index contributed by atoms with van der Waals surface area (Å²) in [6, 6.07) is 9.36. The van der Waals surface area contributed by atoms with E-state index in [4.69, 9.17) is 9.15 Å². The average Bonchev–Trinajstić information content (AvgIpc) is 3.23. The van der Waals surface area contributed by atoms with Crippen LogP contribution in [-0.2, 0) is 9.53 Å². The van der Waals surface area contributed by atoms with Crippen molar-refractivity contribution in [3.63, 3.8) is 0 Å². The number of aryl methyl sites for hydroxylation is 1. The number of carboxylic acids is 1. The summed E-state index contributed by atoms with van der Waals surface area (Å²) in [5.74, 6) is -0.520. The number of oxazole rings is 1. The summed E-state index contributed by atoms with van der Waals surface area (Å²) in [6.45, 7) is 3.02. The van der Waals surface area contributed by atoms with Crippen LogP contribution in [0, 0.1) is 18.3 Å². The number of fused-ring (bicyclic) bond motifs is 1. The van der Waals surface area contributed by atoms with Crippen molar-refractivity contribution in [3.8, 4) is 11.5 Å². The number of likely N-dealkylation sites (tertiary alicyclic amines) is 1. The molecule has 7 nitrogen and oxygen atoms in total. The van der Waals surface area contributed by atoms with Gasteiger partial charge in [-0.2, -0.15) is 0 Å². The number of ether oxygens (including phenoxy) is 1. The maximum Gasteiger partial charge on any atom is 0.311 e. The first kappa shape index (κ1) is 16.8. The summed E-state index contributed by atoms with van der Waals surface area (Å²) in [5, 5.41) is 9.75. The summed E-state index contributed by atoms with van der Waals surface area (Å²) in [7, 11) is 0. The van der Waals surface area contributed by atoms with Crippen LogP contribution in [0.15, 0.2) is 34.7 Å². The van der Waals surface area contributed by atoms with E-state index >= 15 is 0 Å². The Morgan fingerprint density at radius 1 is 1.31 bits per heavy atom. The second kappa shape index (κ2) is 6.25. The lowest BCUT2D eigenvalue weighted by Crippen LogP contribution is -2.45. The highest BCUT2D eigenvalue weighted by Crippen LogP contribution is 2.43. The van der Waals surface area contributed by atoms with Gasteiger partial charge in [-0.25, -0.2) is 4.98 Å². The molecule has 4 rings (SSSR count). The quantitative estimate of drug-likeness (QED) is 0.906. The van der Waals surface area contributed by atoms with Crippen LogP contribution in [0.5, 0.6) is 0 Å². The van der Waals surface area contributed by atoms with Gasteiger partial charge >= 0.3 is 5.97 Å². The lowest BCUT2D eigenvalue weighted by Gasteiger charge is -2.33. The van der Waals surface area contributed by atoms with Crippen LogP contribution in [-0.4, -0.2) is 53.2 Å². The van der Waals surface area contributed by atoms with E-state index in [0.29, 0.717) is 37.8 Å². The molecular weight excluding hydrogens is 336 g/mol. The van der Waals surface area contributed by atoms with Crippen molar-refractivity contribution in [2.75, 3.05) is 26.3 Å². The Kier molecular flexibility index (Phi) is 4.03. The van der Waals surface area contributed by atoms with Crippen LogP contribution in [0.25, 0.3) is 11.5 Å². The Morgan fingerprint density at radius 3 is 2.77 bits per heavy atom. The zero-order valence-corrected chi connectivity index (χ0v) is 14.5. The van der Waals surface area contributed by atoms with Crippen molar-refractivity contribution < 1.29 is 23.8 Å². The van der Waals surface area contributed by atoms with Crippen molar-refractivity contribution in [1.82, 2.24) is 9.88 Å². The van der Waals surface area contributed by atoms with Gasteiger partial charge in [0.1, 0.15) is 5.76 Å². The largest absolute Gasteiger partial charge is 0.481 e. The Labute approximate surface area is 150 Å². The SMILES string of the molecule is Cc1oc(-c2ccccc2)nc1C(=O)N1C[C@H]2COCC[C@@]2(C(=O)O)C1. The van der Waals surface area contributed by atoms with Crippen molar-refractivity contribution in [3.05, 3.63) is 41.8 Å². The van der Waals surface area contributed by atoms with Crippen LogP contribution >= 0.6 is 0 Å². The van der Waals surface area contributed by atoms with Gasteiger partial charge in [0.2, 0.25) is 5.89 Å². The number of carboxylic acid groups (broad SMARTS) is 1. The maximum absolute atomic E-state index is 13.0. The fraction of sp³-hybridized carbons (Fsp3) is 0.421. The van der Waals surface area contributed by atoms with E-state index in [9.17, 15) is 14.7 Å². The van der Waals surface area contributed by atoms with E-state index in [1.165, 1.54) is 0 Å². The predicted octanol–water partition coefficient (Wildman–Crippen LogP) is 2.21. The molecule has 0 bridgehead atoms. The second-order valence-electron chi connectivity index (χ2n) is 6.96. The average molecular weight is 356 g/mol. The molecule has 2 aliphatic rings. The first-order chi connectivity index (χ1) is 12.5. The normalized spacial score (nSPS) is 25.1. The van der Waals surface area contributed by atoms with Gasteiger partial charge in [-0.05, 0) is 25.5 Å². The molecule has 2 atom stereocenters. The summed E-state index contributed by atoms with van der Waals surface area (Å²) < 4.78 is 11.1. The third kappa shape index (κ3) is 2.59. The predicted molar refractivity (Wildman–Crippen MR) is 91.6 cm³/mol. The summed E-state index contributed by atoms with van der Waals surface area (Å²) in [6.07, 6.45) is 0.420. The van der Waals surface area contributed by atoms with Gasteiger partial charge in [0.25, 0.3) is 5.91 Å². The Hall–Kier alpha value is -2.67. The lowest BCUT2D eigenvalue weighted by molar-refractivity contribution is -0.157. The first-order valence-corrected chi connectivity index (χ1v) is 8.64. The van der Waals surface area contributed by atoms with Gasteiger partial charge in [0, 0.05) is 31.2 Å². The Balaban J connectivity index is 1.61. The number of amides is 1. The molecule has 7 heteroatoms. The molecule has 0 aliphatic carbocycles. The molecule has 3 heterocycles. The highest BCUT2D eigenvalue weighted by molar-refractivity contribution is 5.94.